The van der Waals surface area contributed by atoms with Crippen LogP contribution in [0.4, 0.5) is 5.95 Å². The summed E-state index contributed by atoms with van der Waals surface area (Å²) >= 11 is 0. The highest BCUT2D eigenvalue weighted by Gasteiger charge is 2.15. The van der Waals surface area contributed by atoms with Gasteiger partial charge in [-0.2, -0.15) is 9.67 Å². The molecule has 160 valence electrons. The van der Waals surface area contributed by atoms with E-state index < -0.39 is 0 Å². The number of ether oxygens (including phenoxy) is 1. The van der Waals surface area contributed by atoms with Gasteiger partial charge in [-0.05, 0) is 36.3 Å². The lowest BCUT2D eigenvalue weighted by molar-refractivity contribution is 0.0957. The van der Waals surface area contributed by atoms with E-state index in [1.807, 2.05) is 85.8 Å². The quantitative estimate of drug-likeness (QED) is 0.412. The van der Waals surface area contributed by atoms with E-state index in [4.69, 9.17) is 4.74 Å². The number of methoxy groups -OCH3 is 1. The Morgan fingerprint density at radius 3 is 2.41 bits per heavy atom. The van der Waals surface area contributed by atoms with E-state index >= 15 is 0 Å². The number of allylic oxidation sites excluding steroid dienone is 1. The molecule has 6 heteroatoms. The maximum atomic E-state index is 13.0. The first kappa shape index (κ1) is 21.1. The number of nitrogens with zero attached hydrogens (tertiary/aromatic N) is 3. The molecule has 0 fully saturated rings. The molecule has 0 radical (unpaired) electrons. The van der Waals surface area contributed by atoms with E-state index in [9.17, 15) is 4.79 Å². The van der Waals surface area contributed by atoms with Crippen LogP contribution in [0.5, 0.6) is 5.75 Å². The minimum Gasteiger partial charge on any atom is -0.497 e. The van der Waals surface area contributed by atoms with Crippen molar-refractivity contribution in [2.75, 3.05) is 12.4 Å². The Hall–Kier alpha value is -4.19. The van der Waals surface area contributed by atoms with Crippen LogP contribution in [0.3, 0.4) is 0 Å². The Kier molecular flexibility index (Phi) is 6.41. The van der Waals surface area contributed by atoms with Crippen molar-refractivity contribution in [3.8, 4) is 17.1 Å². The summed E-state index contributed by atoms with van der Waals surface area (Å²) in [6, 6.07) is 25.3. The second-order valence-electron chi connectivity index (χ2n) is 7.32. The molecule has 4 aromatic rings. The Morgan fingerprint density at radius 2 is 1.72 bits per heavy atom. The summed E-state index contributed by atoms with van der Waals surface area (Å²) in [7, 11) is 1.62. The Morgan fingerprint density at radius 1 is 1.00 bits per heavy atom. The molecule has 1 aromatic heterocycles. The average Bonchev–Trinajstić information content (AvgIpc) is 3.27. The Labute approximate surface area is 187 Å². The van der Waals surface area contributed by atoms with Crippen LogP contribution in [0.1, 0.15) is 21.5 Å². The van der Waals surface area contributed by atoms with Gasteiger partial charge < -0.3 is 10.1 Å². The summed E-state index contributed by atoms with van der Waals surface area (Å²) in [5.41, 5.74) is 3.97. The normalized spacial score (nSPS) is 10.9. The first-order chi connectivity index (χ1) is 15.6. The monoisotopic (exact) mass is 424 g/mol. The van der Waals surface area contributed by atoms with E-state index in [2.05, 4.69) is 15.4 Å². The molecule has 0 spiro atoms. The number of benzene rings is 3. The number of hydrogen-bond acceptors (Lipinski definition) is 5. The first-order valence-corrected chi connectivity index (χ1v) is 10.3. The van der Waals surface area contributed by atoms with E-state index in [0.717, 1.165) is 28.0 Å². The van der Waals surface area contributed by atoms with Crippen molar-refractivity contribution in [3.05, 3.63) is 102 Å². The standard InChI is InChI=1S/C26H24N4O2/c1-19-8-13-22(14-9-19)25-28-26(27-18-21-6-4-3-5-7-21)30(29-25)24(31)17-12-20-10-15-23(32-2)16-11-20/h3-17H,18H2,1-2H3,(H,27,28,29)/b17-12+. The third kappa shape index (κ3) is 5.10. The summed E-state index contributed by atoms with van der Waals surface area (Å²) in [4.78, 5) is 17.6. The number of rotatable bonds is 7. The van der Waals surface area contributed by atoms with Crippen LogP contribution in [-0.4, -0.2) is 27.8 Å². The van der Waals surface area contributed by atoms with Crippen LogP contribution in [0.25, 0.3) is 17.5 Å². The number of hydrogen-bond donors (Lipinski definition) is 1. The fourth-order valence-corrected chi connectivity index (χ4v) is 3.14. The number of nitrogens with one attached hydrogen (secondary N) is 1. The highest BCUT2D eigenvalue weighted by atomic mass is 16.5. The van der Waals surface area contributed by atoms with Crippen molar-refractivity contribution in [3.63, 3.8) is 0 Å². The summed E-state index contributed by atoms with van der Waals surface area (Å²) < 4.78 is 6.48. The molecule has 0 atom stereocenters. The first-order valence-electron chi connectivity index (χ1n) is 10.3. The minimum absolute atomic E-state index is 0.290. The van der Waals surface area contributed by atoms with Gasteiger partial charge in [0.1, 0.15) is 5.75 Å². The zero-order valence-electron chi connectivity index (χ0n) is 18.0. The van der Waals surface area contributed by atoms with Gasteiger partial charge in [-0.3, -0.25) is 4.79 Å². The van der Waals surface area contributed by atoms with Crippen LogP contribution in [0.15, 0.2) is 84.9 Å². The van der Waals surface area contributed by atoms with E-state index in [0.29, 0.717) is 18.3 Å². The number of carbonyl (C=O) groups is 1. The van der Waals surface area contributed by atoms with Gasteiger partial charge in [0.25, 0.3) is 5.91 Å². The van der Waals surface area contributed by atoms with Crippen LogP contribution < -0.4 is 10.1 Å². The summed E-state index contributed by atoms with van der Waals surface area (Å²) in [5, 5.41) is 7.73. The molecule has 0 saturated heterocycles. The van der Waals surface area contributed by atoms with Crippen LogP contribution in [0, 0.1) is 6.92 Å². The second-order valence-corrected chi connectivity index (χ2v) is 7.32. The number of anilines is 1. The number of carbonyl (C=O) groups excluding carboxylic acids is 1. The molecule has 6 nitrogen and oxygen atoms in total. The minimum atomic E-state index is -0.290. The maximum Gasteiger partial charge on any atom is 0.274 e. The molecule has 3 aromatic carbocycles. The zero-order chi connectivity index (χ0) is 22.3. The fourth-order valence-electron chi connectivity index (χ4n) is 3.14. The highest BCUT2D eigenvalue weighted by Crippen LogP contribution is 2.20. The van der Waals surface area contributed by atoms with Gasteiger partial charge in [0.2, 0.25) is 5.95 Å². The van der Waals surface area contributed by atoms with Gasteiger partial charge in [-0.25, -0.2) is 0 Å². The average molecular weight is 425 g/mol. The topological polar surface area (TPSA) is 69.0 Å². The molecular formula is C26H24N4O2. The molecule has 1 N–H and O–H groups in total. The van der Waals surface area contributed by atoms with E-state index in [1.165, 1.54) is 10.8 Å². The van der Waals surface area contributed by atoms with Crippen molar-refractivity contribution < 1.29 is 9.53 Å². The van der Waals surface area contributed by atoms with Gasteiger partial charge in [-0.1, -0.05) is 72.3 Å². The van der Waals surface area contributed by atoms with E-state index in [-0.39, 0.29) is 5.91 Å². The Balaban J connectivity index is 1.60. The maximum absolute atomic E-state index is 13.0. The molecule has 0 amide bonds. The third-order valence-corrected chi connectivity index (χ3v) is 4.95. The third-order valence-electron chi connectivity index (χ3n) is 4.95. The van der Waals surface area contributed by atoms with Crippen molar-refractivity contribution in [2.24, 2.45) is 0 Å². The van der Waals surface area contributed by atoms with Crippen molar-refractivity contribution in [2.45, 2.75) is 13.5 Å². The molecule has 1 heterocycles. The highest BCUT2D eigenvalue weighted by molar-refractivity contribution is 5.95. The van der Waals surface area contributed by atoms with E-state index in [1.54, 1.807) is 13.2 Å². The molecule has 0 aliphatic carbocycles. The lowest BCUT2D eigenvalue weighted by atomic mass is 10.1. The molecular weight excluding hydrogens is 400 g/mol. The molecule has 32 heavy (non-hydrogen) atoms. The number of aryl methyl sites for hydroxylation is 1. The van der Waals surface area contributed by atoms with Gasteiger partial charge in [0.05, 0.1) is 7.11 Å². The number of aromatic nitrogens is 3. The molecule has 0 aliphatic heterocycles. The lowest BCUT2D eigenvalue weighted by Gasteiger charge is -2.05. The van der Waals surface area contributed by atoms with Gasteiger partial charge in [0, 0.05) is 18.2 Å². The SMILES string of the molecule is COc1ccc(/C=C/C(=O)n2nc(-c3ccc(C)cc3)nc2NCc2ccccc2)cc1. The molecule has 0 bridgehead atoms. The predicted octanol–water partition coefficient (Wildman–Crippen LogP) is 5.23. The zero-order valence-corrected chi connectivity index (χ0v) is 18.0. The van der Waals surface area contributed by atoms with Crippen molar-refractivity contribution in [1.29, 1.82) is 0 Å². The summed E-state index contributed by atoms with van der Waals surface area (Å²) in [6.45, 7) is 2.55. The van der Waals surface area contributed by atoms with Crippen molar-refractivity contribution in [1.82, 2.24) is 14.8 Å². The molecule has 0 unspecified atom stereocenters. The smallest absolute Gasteiger partial charge is 0.274 e. The lowest BCUT2D eigenvalue weighted by Crippen LogP contribution is -2.14. The van der Waals surface area contributed by atoms with Gasteiger partial charge >= 0.3 is 0 Å². The Bertz CT molecular complexity index is 1210. The summed E-state index contributed by atoms with van der Waals surface area (Å²) in [5.74, 6) is 1.36. The molecule has 0 aliphatic rings. The van der Waals surface area contributed by atoms with Gasteiger partial charge in [0.15, 0.2) is 5.82 Å². The van der Waals surface area contributed by atoms with Gasteiger partial charge in [-0.15, -0.1) is 5.10 Å². The molecule has 0 saturated carbocycles. The van der Waals surface area contributed by atoms with Crippen LogP contribution >= 0.6 is 0 Å². The fraction of sp³-hybridized carbons (Fsp3) is 0.115. The molecule has 4 rings (SSSR count). The van der Waals surface area contributed by atoms with Crippen LogP contribution in [-0.2, 0) is 6.54 Å². The van der Waals surface area contributed by atoms with Crippen molar-refractivity contribution >= 4 is 17.9 Å². The second kappa shape index (κ2) is 9.75. The van der Waals surface area contributed by atoms with Crippen LogP contribution in [0.2, 0.25) is 0 Å². The summed E-state index contributed by atoms with van der Waals surface area (Å²) in [6.07, 6.45) is 3.24. The largest absolute Gasteiger partial charge is 0.497 e. The predicted molar refractivity (Wildman–Crippen MR) is 127 cm³/mol.